The molecule has 0 aromatic rings. The van der Waals surface area contributed by atoms with Crippen molar-refractivity contribution in [2.45, 2.75) is 121 Å². The molecule has 0 aromatic heterocycles. The van der Waals surface area contributed by atoms with Gasteiger partial charge in [-0.05, 0) is 61.2 Å². The first-order valence-corrected chi connectivity index (χ1v) is 14.5. The molecule has 0 unspecified atom stereocenters. The van der Waals surface area contributed by atoms with Crippen molar-refractivity contribution in [3.05, 3.63) is 0 Å². The molecular formula is C29H46O8. The van der Waals surface area contributed by atoms with Gasteiger partial charge in [0.2, 0.25) is 0 Å². The van der Waals surface area contributed by atoms with Crippen LogP contribution in [0.25, 0.3) is 0 Å². The second-order valence-electron chi connectivity index (χ2n) is 14.2. The van der Waals surface area contributed by atoms with Crippen LogP contribution in [-0.2, 0) is 19.0 Å². The summed E-state index contributed by atoms with van der Waals surface area (Å²) in [5.41, 5.74) is -2.07. The van der Waals surface area contributed by atoms with E-state index < -0.39 is 47.2 Å². The van der Waals surface area contributed by atoms with Crippen LogP contribution in [0.2, 0.25) is 0 Å². The molecule has 4 aliphatic carbocycles. The number of ether oxygens (including phenoxy) is 3. The molecule has 0 radical (unpaired) electrons. The van der Waals surface area contributed by atoms with Gasteiger partial charge >= 0.3 is 5.97 Å². The fourth-order valence-electron chi connectivity index (χ4n) is 10.6. The molecule has 37 heavy (non-hydrogen) atoms. The van der Waals surface area contributed by atoms with Gasteiger partial charge in [-0.1, -0.05) is 27.7 Å². The zero-order chi connectivity index (χ0) is 26.7. The Morgan fingerprint density at radius 1 is 1.00 bits per heavy atom. The molecule has 6 fully saturated rings. The highest BCUT2D eigenvalue weighted by Crippen LogP contribution is 2.72. The van der Waals surface area contributed by atoms with Gasteiger partial charge < -0.3 is 34.6 Å². The fraction of sp³-hybridized carbons (Fsp3) is 0.966. The maximum atomic E-state index is 12.0. The molecule has 2 saturated heterocycles. The number of rotatable bonds is 1. The molecule has 0 amide bonds. The zero-order valence-electron chi connectivity index (χ0n) is 22.9. The molecule has 2 aliphatic heterocycles. The molecule has 4 saturated carbocycles. The summed E-state index contributed by atoms with van der Waals surface area (Å²) in [6, 6.07) is 0. The van der Waals surface area contributed by atoms with Gasteiger partial charge in [-0.15, -0.1) is 0 Å². The van der Waals surface area contributed by atoms with Crippen LogP contribution in [0.15, 0.2) is 0 Å². The summed E-state index contributed by atoms with van der Waals surface area (Å²) in [5.74, 6) is 0.0895. The molecule has 4 N–H and O–H groups in total. The molecule has 8 heteroatoms. The van der Waals surface area contributed by atoms with E-state index in [2.05, 4.69) is 13.8 Å². The Kier molecular flexibility index (Phi) is 5.98. The quantitative estimate of drug-likeness (QED) is 0.387. The van der Waals surface area contributed by atoms with Gasteiger partial charge in [0.1, 0.15) is 6.10 Å². The predicted octanol–water partition coefficient (Wildman–Crippen LogP) is 2.39. The number of aliphatic hydroxyl groups is 4. The topological polar surface area (TPSA) is 126 Å². The van der Waals surface area contributed by atoms with Crippen molar-refractivity contribution < 1.29 is 39.4 Å². The first-order chi connectivity index (χ1) is 17.3. The summed E-state index contributed by atoms with van der Waals surface area (Å²) in [6.45, 7) is 10.5. The fourth-order valence-corrected chi connectivity index (χ4v) is 10.6. The lowest BCUT2D eigenvalue weighted by Crippen LogP contribution is -2.71. The second-order valence-corrected chi connectivity index (χ2v) is 14.2. The van der Waals surface area contributed by atoms with E-state index in [0.29, 0.717) is 37.7 Å². The molecule has 15 atom stereocenters. The van der Waals surface area contributed by atoms with Crippen LogP contribution in [0.3, 0.4) is 0 Å². The van der Waals surface area contributed by atoms with Crippen molar-refractivity contribution in [1.29, 1.82) is 0 Å². The Hall–Kier alpha value is -0.770. The Labute approximate surface area is 220 Å². The molecule has 0 aromatic carbocycles. The largest absolute Gasteiger partial charge is 0.460 e. The third kappa shape index (κ3) is 3.45. The number of esters is 1. The lowest BCUT2D eigenvalue weighted by molar-refractivity contribution is -0.296. The van der Waals surface area contributed by atoms with Gasteiger partial charge in [-0.25, -0.2) is 0 Å². The number of aliphatic hydroxyl groups excluding tert-OH is 3. The number of hydrogen-bond donors (Lipinski definition) is 4. The summed E-state index contributed by atoms with van der Waals surface area (Å²) in [5, 5.41) is 45.1. The molecule has 6 aliphatic rings. The number of hydrogen-bond acceptors (Lipinski definition) is 8. The molecule has 6 rings (SSSR count). The predicted molar refractivity (Wildman–Crippen MR) is 133 cm³/mol. The smallest absolute Gasteiger partial charge is 0.302 e. The standard InChI is InChI=1S/C29H46O8/c1-14-13-35-29(11-20(14)31)15(2)25-22(37-29)9-19-17-8-24(33)28(34)12-23(36-16(3)30)21(32)10-27(28,5)18(17)6-7-26(19,25)4/h14-15,17-25,31-34H,6-13H2,1-5H3/t14-,15-,17+,18-,19-,20-,21+,22-,23+,24+,25-,26-,27+,28-,29+/m0/s1. The van der Waals surface area contributed by atoms with Crippen LogP contribution in [0.4, 0.5) is 0 Å². The van der Waals surface area contributed by atoms with Crippen molar-refractivity contribution in [2.24, 2.45) is 46.3 Å². The minimum absolute atomic E-state index is 0.0191. The van der Waals surface area contributed by atoms with Crippen molar-refractivity contribution in [1.82, 2.24) is 0 Å². The van der Waals surface area contributed by atoms with Crippen LogP contribution < -0.4 is 0 Å². The summed E-state index contributed by atoms with van der Waals surface area (Å²) in [7, 11) is 0. The maximum absolute atomic E-state index is 12.0. The third-order valence-electron chi connectivity index (χ3n) is 12.6. The zero-order valence-corrected chi connectivity index (χ0v) is 22.9. The van der Waals surface area contributed by atoms with Crippen LogP contribution in [0, 0.1) is 46.3 Å². The van der Waals surface area contributed by atoms with Gasteiger partial charge in [0.05, 0.1) is 36.6 Å². The van der Waals surface area contributed by atoms with Gasteiger partial charge in [0.15, 0.2) is 5.79 Å². The van der Waals surface area contributed by atoms with E-state index in [1.807, 2.05) is 13.8 Å². The molecule has 1 spiro atoms. The Morgan fingerprint density at radius 3 is 2.41 bits per heavy atom. The minimum atomic E-state index is -1.41. The van der Waals surface area contributed by atoms with Crippen LogP contribution in [0.1, 0.15) is 79.6 Å². The Bertz CT molecular complexity index is 943. The number of fused-ring (bicyclic) bond motifs is 7. The highest BCUT2D eigenvalue weighted by atomic mass is 16.7. The van der Waals surface area contributed by atoms with Crippen molar-refractivity contribution in [3.63, 3.8) is 0 Å². The van der Waals surface area contributed by atoms with E-state index in [9.17, 15) is 25.2 Å². The van der Waals surface area contributed by atoms with Crippen molar-refractivity contribution in [2.75, 3.05) is 6.61 Å². The highest BCUT2D eigenvalue weighted by Gasteiger charge is 2.73. The van der Waals surface area contributed by atoms with E-state index in [1.165, 1.54) is 6.92 Å². The Balaban J connectivity index is 1.27. The average molecular weight is 523 g/mol. The normalized spacial score (nSPS) is 60.8. The van der Waals surface area contributed by atoms with Crippen LogP contribution >= 0.6 is 0 Å². The van der Waals surface area contributed by atoms with E-state index >= 15 is 0 Å². The van der Waals surface area contributed by atoms with E-state index in [4.69, 9.17) is 14.2 Å². The number of carbonyl (C=O) groups is 1. The van der Waals surface area contributed by atoms with E-state index in [0.717, 1.165) is 19.3 Å². The summed E-state index contributed by atoms with van der Waals surface area (Å²) >= 11 is 0. The first-order valence-electron chi connectivity index (χ1n) is 14.5. The summed E-state index contributed by atoms with van der Waals surface area (Å²) in [6.07, 6.45) is 1.20. The molecule has 210 valence electrons. The first kappa shape index (κ1) is 26.5. The van der Waals surface area contributed by atoms with Gasteiger partial charge in [-0.2, -0.15) is 0 Å². The van der Waals surface area contributed by atoms with E-state index in [-0.39, 0.29) is 41.6 Å². The molecular weight excluding hydrogens is 476 g/mol. The molecule has 8 nitrogen and oxygen atoms in total. The summed E-state index contributed by atoms with van der Waals surface area (Å²) in [4.78, 5) is 11.6. The average Bonchev–Trinajstić information content (AvgIpc) is 3.24. The van der Waals surface area contributed by atoms with Gasteiger partial charge in [-0.3, -0.25) is 4.79 Å². The van der Waals surface area contributed by atoms with Crippen molar-refractivity contribution in [3.8, 4) is 0 Å². The van der Waals surface area contributed by atoms with Crippen molar-refractivity contribution >= 4 is 5.97 Å². The lowest BCUT2D eigenvalue weighted by Gasteiger charge is -2.66. The van der Waals surface area contributed by atoms with Gasteiger partial charge in [0, 0.05) is 37.0 Å². The Morgan fingerprint density at radius 2 is 1.73 bits per heavy atom. The molecule has 0 bridgehead atoms. The minimum Gasteiger partial charge on any atom is -0.460 e. The number of carbonyl (C=O) groups excluding carboxylic acids is 1. The monoisotopic (exact) mass is 522 g/mol. The highest BCUT2D eigenvalue weighted by molar-refractivity contribution is 5.66. The lowest BCUT2D eigenvalue weighted by atomic mass is 9.42. The molecule has 2 heterocycles. The summed E-state index contributed by atoms with van der Waals surface area (Å²) < 4.78 is 18.4. The SMILES string of the molecule is CC(=O)O[C@@H]1C[C@]2(O)[C@H](O)C[C@H]3[C@@H]4C[C@@H]5O[C@]6(C[C@H](O)[C@@H](C)CO6)[C@@H](C)[C@@H]5[C@@]4(C)CC[C@@H]3[C@@]2(C)C[C@H]1O. The second kappa shape index (κ2) is 8.37. The van der Waals surface area contributed by atoms with Crippen LogP contribution in [0.5, 0.6) is 0 Å². The van der Waals surface area contributed by atoms with Gasteiger partial charge in [0.25, 0.3) is 0 Å². The van der Waals surface area contributed by atoms with E-state index in [1.54, 1.807) is 0 Å². The van der Waals surface area contributed by atoms with Crippen LogP contribution in [-0.4, -0.2) is 74.9 Å². The third-order valence-corrected chi connectivity index (χ3v) is 12.6. The maximum Gasteiger partial charge on any atom is 0.302 e.